The lowest BCUT2D eigenvalue weighted by atomic mass is 10.2. The largest absolute Gasteiger partial charge is 0.353 e. The molecule has 0 saturated carbocycles. The predicted molar refractivity (Wildman–Crippen MR) is 44.0 cm³/mol. The molecule has 0 aromatic rings. The van der Waals surface area contributed by atoms with E-state index in [1.165, 1.54) is 0 Å². The van der Waals surface area contributed by atoms with E-state index < -0.39 is 11.9 Å². The summed E-state index contributed by atoms with van der Waals surface area (Å²) in [5, 5.41) is 15.0. The molecule has 1 saturated heterocycles. The molecule has 2 amide bonds. The molecular weight excluding hydrogens is 174 g/mol. The van der Waals surface area contributed by atoms with Gasteiger partial charge in [0.2, 0.25) is 5.91 Å². The van der Waals surface area contributed by atoms with E-state index in [2.05, 4.69) is 10.6 Å². The van der Waals surface area contributed by atoms with Crippen LogP contribution in [0.2, 0.25) is 0 Å². The molecule has 1 aliphatic heterocycles. The van der Waals surface area contributed by atoms with Gasteiger partial charge in [-0.1, -0.05) is 0 Å². The van der Waals surface area contributed by atoms with E-state index in [0.29, 0.717) is 5.06 Å². The SMILES string of the molecule is CCN(O)C(=O)C1CNC(=O)CN1. The molecule has 0 bridgehead atoms. The first-order valence-corrected chi connectivity index (χ1v) is 4.15. The lowest BCUT2D eigenvalue weighted by molar-refractivity contribution is -0.167. The van der Waals surface area contributed by atoms with Gasteiger partial charge in [0.25, 0.3) is 5.91 Å². The van der Waals surface area contributed by atoms with Gasteiger partial charge in [-0.2, -0.15) is 0 Å². The molecule has 1 atom stereocenters. The molecule has 13 heavy (non-hydrogen) atoms. The van der Waals surface area contributed by atoms with Gasteiger partial charge in [-0.15, -0.1) is 0 Å². The van der Waals surface area contributed by atoms with E-state index in [-0.39, 0.29) is 25.5 Å². The summed E-state index contributed by atoms with van der Waals surface area (Å²) < 4.78 is 0. The van der Waals surface area contributed by atoms with Gasteiger partial charge in [-0.3, -0.25) is 20.1 Å². The molecule has 74 valence electrons. The van der Waals surface area contributed by atoms with Crippen molar-refractivity contribution >= 4 is 11.8 Å². The molecule has 1 fully saturated rings. The lowest BCUT2D eigenvalue weighted by Crippen LogP contribution is -2.58. The van der Waals surface area contributed by atoms with Crippen LogP contribution in [0, 0.1) is 0 Å². The van der Waals surface area contributed by atoms with E-state index in [9.17, 15) is 9.59 Å². The Morgan fingerprint density at radius 3 is 2.92 bits per heavy atom. The molecule has 1 unspecified atom stereocenters. The number of hydrogen-bond acceptors (Lipinski definition) is 4. The molecule has 0 radical (unpaired) electrons. The summed E-state index contributed by atoms with van der Waals surface area (Å²) in [6.07, 6.45) is 0. The molecule has 1 aliphatic rings. The summed E-state index contributed by atoms with van der Waals surface area (Å²) in [6, 6.07) is -0.511. The third-order valence-electron chi connectivity index (χ3n) is 1.86. The van der Waals surface area contributed by atoms with Gasteiger partial charge < -0.3 is 5.32 Å². The van der Waals surface area contributed by atoms with Crippen LogP contribution in [0.5, 0.6) is 0 Å². The van der Waals surface area contributed by atoms with Gasteiger partial charge in [0.15, 0.2) is 0 Å². The second-order valence-corrected chi connectivity index (χ2v) is 2.79. The van der Waals surface area contributed by atoms with Crippen LogP contribution < -0.4 is 10.6 Å². The molecule has 1 heterocycles. The summed E-state index contributed by atoms with van der Waals surface area (Å²) in [4.78, 5) is 22.0. The first-order valence-electron chi connectivity index (χ1n) is 4.15. The lowest BCUT2D eigenvalue weighted by Gasteiger charge is -2.25. The third-order valence-corrected chi connectivity index (χ3v) is 1.86. The Kier molecular flexibility index (Phi) is 3.21. The number of hydrogen-bond donors (Lipinski definition) is 3. The number of carbonyl (C=O) groups is 2. The summed E-state index contributed by atoms with van der Waals surface area (Å²) in [5.74, 6) is -0.549. The zero-order valence-electron chi connectivity index (χ0n) is 7.41. The number of likely N-dealkylation sites (N-methyl/N-ethyl adjacent to an activating group) is 1. The average Bonchev–Trinajstić information content (AvgIpc) is 2.17. The fourth-order valence-corrected chi connectivity index (χ4v) is 1.08. The molecule has 1 rings (SSSR count). The van der Waals surface area contributed by atoms with Crippen LogP contribution in [-0.2, 0) is 9.59 Å². The Bertz CT molecular complexity index is 209. The zero-order valence-corrected chi connectivity index (χ0v) is 7.41. The van der Waals surface area contributed by atoms with Crippen molar-refractivity contribution in [2.24, 2.45) is 0 Å². The highest BCUT2D eigenvalue weighted by Crippen LogP contribution is 1.94. The van der Waals surface area contributed by atoms with Crippen molar-refractivity contribution in [1.82, 2.24) is 15.7 Å². The number of amides is 2. The summed E-state index contributed by atoms with van der Waals surface area (Å²) >= 11 is 0. The number of nitrogens with one attached hydrogen (secondary N) is 2. The Morgan fingerprint density at radius 2 is 2.46 bits per heavy atom. The fraction of sp³-hybridized carbons (Fsp3) is 0.714. The topological polar surface area (TPSA) is 81.7 Å². The van der Waals surface area contributed by atoms with Crippen LogP contribution in [-0.4, -0.2) is 47.8 Å². The zero-order chi connectivity index (χ0) is 9.84. The minimum atomic E-state index is -0.511. The van der Waals surface area contributed by atoms with E-state index in [1.54, 1.807) is 6.92 Å². The Morgan fingerprint density at radius 1 is 1.77 bits per heavy atom. The van der Waals surface area contributed by atoms with Gasteiger partial charge in [-0.05, 0) is 6.92 Å². The molecule has 0 aromatic carbocycles. The monoisotopic (exact) mass is 187 g/mol. The van der Waals surface area contributed by atoms with Crippen molar-refractivity contribution in [3.63, 3.8) is 0 Å². The fourth-order valence-electron chi connectivity index (χ4n) is 1.08. The second-order valence-electron chi connectivity index (χ2n) is 2.79. The minimum absolute atomic E-state index is 0.119. The van der Waals surface area contributed by atoms with Crippen LogP contribution in [0.25, 0.3) is 0 Å². The van der Waals surface area contributed by atoms with Crippen LogP contribution in [0.1, 0.15) is 6.92 Å². The standard InChI is InChI=1S/C7H13N3O3/c1-2-10(13)7(12)5-3-9-6(11)4-8-5/h5,8,13H,2-4H2,1H3,(H,9,11). The maximum Gasteiger partial charge on any atom is 0.264 e. The van der Waals surface area contributed by atoms with Crippen molar-refractivity contribution < 1.29 is 14.8 Å². The van der Waals surface area contributed by atoms with E-state index in [0.717, 1.165) is 0 Å². The second kappa shape index (κ2) is 4.20. The van der Waals surface area contributed by atoms with Crippen LogP contribution in [0.15, 0.2) is 0 Å². The first kappa shape index (κ1) is 9.94. The van der Waals surface area contributed by atoms with Crippen LogP contribution >= 0.6 is 0 Å². The van der Waals surface area contributed by atoms with E-state index >= 15 is 0 Å². The molecule has 0 aliphatic carbocycles. The number of piperazine rings is 1. The number of carbonyl (C=O) groups excluding carboxylic acids is 2. The van der Waals surface area contributed by atoms with Crippen molar-refractivity contribution in [2.75, 3.05) is 19.6 Å². The third kappa shape index (κ3) is 2.40. The van der Waals surface area contributed by atoms with E-state index in [4.69, 9.17) is 5.21 Å². The highest BCUT2D eigenvalue weighted by Gasteiger charge is 2.26. The van der Waals surface area contributed by atoms with Gasteiger partial charge in [0, 0.05) is 13.1 Å². The van der Waals surface area contributed by atoms with Crippen molar-refractivity contribution in [3.05, 3.63) is 0 Å². The Balaban J connectivity index is 2.44. The molecule has 6 nitrogen and oxygen atoms in total. The van der Waals surface area contributed by atoms with Crippen molar-refractivity contribution in [3.8, 4) is 0 Å². The molecule has 3 N–H and O–H groups in total. The van der Waals surface area contributed by atoms with Crippen molar-refractivity contribution in [2.45, 2.75) is 13.0 Å². The maximum atomic E-state index is 11.3. The van der Waals surface area contributed by atoms with Gasteiger partial charge in [-0.25, -0.2) is 5.06 Å². The molecule has 0 spiro atoms. The van der Waals surface area contributed by atoms with Gasteiger partial charge >= 0.3 is 0 Å². The highest BCUT2D eigenvalue weighted by molar-refractivity contribution is 5.86. The number of nitrogens with zero attached hydrogens (tertiary/aromatic N) is 1. The first-order chi connectivity index (χ1) is 6.15. The number of hydroxylamine groups is 2. The van der Waals surface area contributed by atoms with E-state index in [1.807, 2.05) is 0 Å². The normalized spacial score (nSPS) is 22.3. The van der Waals surface area contributed by atoms with Gasteiger partial charge in [0.1, 0.15) is 6.04 Å². The molecule has 6 heteroatoms. The summed E-state index contributed by atoms with van der Waals surface area (Å²) in [5.41, 5.74) is 0. The smallest absolute Gasteiger partial charge is 0.264 e. The summed E-state index contributed by atoms with van der Waals surface area (Å²) in [6.45, 7) is 2.26. The Labute approximate surface area is 75.9 Å². The average molecular weight is 187 g/mol. The Hall–Kier alpha value is -1.14. The highest BCUT2D eigenvalue weighted by atomic mass is 16.5. The quantitative estimate of drug-likeness (QED) is 0.356. The summed E-state index contributed by atoms with van der Waals surface area (Å²) in [7, 11) is 0. The van der Waals surface area contributed by atoms with Crippen LogP contribution in [0.4, 0.5) is 0 Å². The number of rotatable bonds is 2. The molecule has 0 aromatic heterocycles. The van der Waals surface area contributed by atoms with Crippen molar-refractivity contribution in [1.29, 1.82) is 0 Å². The minimum Gasteiger partial charge on any atom is -0.353 e. The van der Waals surface area contributed by atoms with Gasteiger partial charge in [0.05, 0.1) is 6.54 Å². The maximum absolute atomic E-state index is 11.3. The predicted octanol–water partition coefficient (Wildman–Crippen LogP) is -1.69. The van der Waals surface area contributed by atoms with Crippen LogP contribution in [0.3, 0.4) is 0 Å². The molecular formula is C7H13N3O3.